The summed E-state index contributed by atoms with van der Waals surface area (Å²) in [5.74, 6) is 0.944. The molecule has 1 heterocycles. The Morgan fingerprint density at radius 3 is 2.89 bits per heavy atom. The molecule has 0 saturated heterocycles. The molecule has 0 bridgehead atoms. The number of ether oxygens (including phenoxy) is 1. The van der Waals surface area contributed by atoms with Gasteiger partial charge in [-0.1, -0.05) is 6.07 Å². The van der Waals surface area contributed by atoms with E-state index in [-0.39, 0.29) is 6.04 Å². The molecule has 0 spiro atoms. The molecule has 0 saturated carbocycles. The second-order valence-corrected chi connectivity index (χ2v) is 5.23. The molecule has 1 aromatic carbocycles. The number of nitrogens with zero attached hydrogens (tertiary/aromatic N) is 1. The van der Waals surface area contributed by atoms with Gasteiger partial charge in [-0.25, -0.2) is 0 Å². The van der Waals surface area contributed by atoms with Gasteiger partial charge in [0, 0.05) is 24.2 Å². The molecule has 1 aliphatic rings. The number of aryl methyl sites for hydroxylation is 2. The Hall–Kier alpha value is -1.48. The summed E-state index contributed by atoms with van der Waals surface area (Å²) in [6, 6.07) is 4.35. The third-order valence-corrected chi connectivity index (χ3v) is 4.19. The van der Waals surface area contributed by atoms with Crippen LogP contribution in [0.1, 0.15) is 35.7 Å². The normalized spacial score (nSPS) is 19.0. The Balaban J connectivity index is 2.46. The first-order valence-corrected chi connectivity index (χ1v) is 6.55. The predicted molar refractivity (Wildman–Crippen MR) is 74.1 cm³/mol. The molecule has 0 aliphatic heterocycles. The zero-order valence-corrected chi connectivity index (χ0v) is 11.3. The van der Waals surface area contributed by atoms with Crippen LogP contribution in [0.2, 0.25) is 0 Å². The molecule has 3 heteroatoms. The number of rotatable bonds is 1. The number of hydrogen-bond acceptors (Lipinski definition) is 2. The number of aromatic nitrogens is 1. The molecule has 1 aromatic heterocycles. The van der Waals surface area contributed by atoms with Crippen molar-refractivity contribution in [1.82, 2.24) is 4.57 Å². The van der Waals surface area contributed by atoms with Crippen molar-refractivity contribution in [2.45, 2.75) is 32.2 Å². The minimum Gasteiger partial charge on any atom is -0.495 e. The minimum atomic E-state index is 0.170. The van der Waals surface area contributed by atoms with Crippen molar-refractivity contribution < 1.29 is 4.74 Å². The van der Waals surface area contributed by atoms with E-state index in [1.165, 1.54) is 34.1 Å². The summed E-state index contributed by atoms with van der Waals surface area (Å²) in [5.41, 5.74) is 11.5. The lowest BCUT2D eigenvalue weighted by Gasteiger charge is -2.20. The Kier molecular flexibility index (Phi) is 2.59. The first-order valence-electron chi connectivity index (χ1n) is 6.55. The fourth-order valence-corrected chi connectivity index (χ4v) is 3.31. The van der Waals surface area contributed by atoms with E-state index in [2.05, 4.69) is 30.7 Å². The van der Waals surface area contributed by atoms with Gasteiger partial charge < -0.3 is 15.0 Å². The van der Waals surface area contributed by atoms with E-state index < -0.39 is 0 Å². The van der Waals surface area contributed by atoms with Gasteiger partial charge in [0.1, 0.15) is 5.75 Å². The molecule has 0 radical (unpaired) electrons. The highest BCUT2D eigenvalue weighted by molar-refractivity contribution is 5.93. The van der Waals surface area contributed by atoms with Gasteiger partial charge in [0.05, 0.1) is 12.6 Å². The summed E-state index contributed by atoms with van der Waals surface area (Å²) >= 11 is 0. The Bertz CT molecular complexity index is 613. The highest BCUT2D eigenvalue weighted by Gasteiger charge is 2.26. The van der Waals surface area contributed by atoms with E-state index in [0.717, 1.165) is 18.6 Å². The zero-order chi connectivity index (χ0) is 12.9. The smallest absolute Gasteiger partial charge is 0.143 e. The highest BCUT2D eigenvalue weighted by atomic mass is 16.5. The summed E-state index contributed by atoms with van der Waals surface area (Å²) < 4.78 is 7.79. The van der Waals surface area contributed by atoms with Crippen LogP contribution in [-0.4, -0.2) is 11.7 Å². The number of benzene rings is 1. The van der Waals surface area contributed by atoms with Crippen LogP contribution in [0.4, 0.5) is 0 Å². The van der Waals surface area contributed by atoms with Crippen LogP contribution >= 0.6 is 0 Å². The first-order chi connectivity index (χ1) is 8.65. The summed E-state index contributed by atoms with van der Waals surface area (Å²) in [4.78, 5) is 0. The van der Waals surface area contributed by atoms with E-state index in [1.807, 2.05) is 0 Å². The first kappa shape index (κ1) is 11.6. The van der Waals surface area contributed by atoms with E-state index in [4.69, 9.17) is 10.5 Å². The maximum atomic E-state index is 6.33. The van der Waals surface area contributed by atoms with Gasteiger partial charge in [0.25, 0.3) is 0 Å². The summed E-state index contributed by atoms with van der Waals surface area (Å²) in [6.07, 6.45) is 3.39. The molecular weight excluding hydrogens is 224 g/mol. The average Bonchev–Trinajstić information content (AvgIpc) is 2.67. The van der Waals surface area contributed by atoms with Crippen LogP contribution in [0.25, 0.3) is 10.9 Å². The molecule has 1 unspecified atom stereocenters. The number of fused-ring (bicyclic) bond motifs is 3. The van der Waals surface area contributed by atoms with Crippen LogP contribution in [0.5, 0.6) is 5.75 Å². The van der Waals surface area contributed by atoms with Crippen molar-refractivity contribution in [1.29, 1.82) is 0 Å². The van der Waals surface area contributed by atoms with Crippen molar-refractivity contribution in [2.24, 2.45) is 12.8 Å². The van der Waals surface area contributed by atoms with Gasteiger partial charge in [0.15, 0.2) is 0 Å². The monoisotopic (exact) mass is 244 g/mol. The summed E-state index contributed by atoms with van der Waals surface area (Å²) in [7, 11) is 3.86. The van der Waals surface area contributed by atoms with E-state index in [9.17, 15) is 0 Å². The topological polar surface area (TPSA) is 40.2 Å². The van der Waals surface area contributed by atoms with Crippen molar-refractivity contribution in [3.8, 4) is 5.75 Å². The van der Waals surface area contributed by atoms with Crippen LogP contribution in [0, 0.1) is 6.92 Å². The lowest BCUT2D eigenvalue weighted by Crippen LogP contribution is -2.17. The van der Waals surface area contributed by atoms with E-state index >= 15 is 0 Å². The highest BCUT2D eigenvalue weighted by Crippen LogP contribution is 2.40. The molecule has 2 N–H and O–H groups in total. The molecule has 1 aliphatic carbocycles. The van der Waals surface area contributed by atoms with Crippen LogP contribution in [0.3, 0.4) is 0 Å². The van der Waals surface area contributed by atoms with Gasteiger partial charge in [0.2, 0.25) is 0 Å². The van der Waals surface area contributed by atoms with Gasteiger partial charge in [-0.2, -0.15) is 0 Å². The third-order valence-electron chi connectivity index (χ3n) is 4.19. The van der Waals surface area contributed by atoms with Gasteiger partial charge in [-0.05, 0) is 43.4 Å². The van der Waals surface area contributed by atoms with Gasteiger partial charge in [-0.15, -0.1) is 0 Å². The SMILES string of the molecule is COc1ccc(C)c2c3c(n(C)c12)CCCC3N. The summed E-state index contributed by atoms with van der Waals surface area (Å²) in [6.45, 7) is 2.16. The molecule has 0 amide bonds. The Labute approximate surface area is 108 Å². The van der Waals surface area contributed by atoms with Crippen molar-refractivity contribution in [2.75, 3.05) is 7.11 Å². The molecule has 18 heavy (non-hydrogen) atoms. The number of methoxy groups -OCH3 is 1. The average molecular weight is 244 g/mol. The quantitative estimate of drug-likeness (QED) is 0.838. The predicted octanol–water partition coefficient (Wildman–Crippen LogP) is 2.83. The zero-order valence-electron chi connectivity index (χ0n) is 11.3. The maximum absolute atomic E-state index is 6.33. The Morgan fingerprint density at radius 2 is 2.17 bits per heavy atom. The van der Waals surface area contributed by atoms with Crippen LogP contribution in [-0.2, 0) is 13.5 Å². The molecule has 0 fully saturated rings. The second-order valence-electron chi connectivity index (χ2n) is 5.23. The molecule has 1 atom stereocenters. The van der Waals surface area contributed by atoms with Crippen molar-refractivity contribution in [3.05, 3.63) is 29.0 Å². The van der Waals surface area contributed by atoms with E-state index in [1.54, 1.807) is 7.11 Å². The van der Waals surface area contributed by atoms with Crippen molar-refractivity contribution >= 4 is 10.9 Å². The molecule has 96 valence electrons. The largest absolute Gasteiger partial charge is 0.495 e. The molecule has 3 nitrogen and oxygen atoms in total. The lowest BCUT2D eigenvalue weighted by molar-refractivity contribution is 0.417. The fourth-order valence-electron chi connectivity index (χ4n) is 3.31. The molecule has 3 rings (SSSR count). The standard InChI is InChI=1S/C15H20N2O/c1-9-7-8-12(18-3)15-13(9)14-10(16)5-4-6-11(14)17(15)2/h7-8,10H,4-6,16H2,1-3H3. The summed E-state index contributed by atoms with van der Waals surface area (Å²) in [5, 5.41) is 1.30. The molecule has 2 aromatic rings. The number of hydrogen-bond donors (Lipinski definition) is 1. The number of nitrogens with two attached hydrogens (primary N) is 1. The maximum Gasteiger partial charge on any atom is 0.143 e. The minimum absolute atomic E-state index is 0.170. The molecular formula is C15H20N2O. The second kappa shape index (κ2) is 4.02. The Morgan fingerprint density at radius 1 is 1.39 bits per heavy atom. The van der Waals surface area contributed by atoms with Gasteiger partial charge >= 0.3 is 0 Å². The van der Waals surface area contributed by atoms with Crippen molar-refractivity contribution in [3.63, 3.8) is 0 Å². The third kappa shape index (κ3) is 1.40. The van der Waals surface area contributed by atoms with E-state index in [0.29, 0.717) is 0 Å². The van der Waals surface area contributed by atoms with Crippen LogP contribution < -0.4 is 10.5 Å². The van der Waals surface area contributed by atoms with Gasteiger partial charge in [-0.3, -0.25) is 0 Å². The lowest BCUT2D eigenvalue weighted by atomic mass is 9.90. The fraction of sp³-hybridized carbons (Fsp3) is 0.467. The van der Waals surface area contributed by atoms with Crippen LogP contribution in [0.15, 0.2) is 12.1 Å².